The Morgan fingerprint density at radius 3 is 2.14 bits per heavy atom. The molecule has 4 atom stereocenters. The van der Waals surface area contributed by atoms with E-state index in [1.807, 2.05) is 70.5 Å². The molecule has 218 valence electrons. The third-order valence-electron chi connectivity index (χ3n) is 7.11. The van der Waals surface area contributed by atoms with Gasteiger partial charge >= 0.3 is 6.36 Å². The Balaban J connectivity index is 1.36. The van der Waals surface area contributed by atoms with Gasteiger partial charge in [0.25, 0.3) is 0 Å². The molecule has 2 aliphatic rings. The maximum absolute atomic E-state index is 13.6. The summed E-state index contributed by atoms with van der Waals surface area (Å²) >= 11 is 0. The average molecular weight is 598 g/mol. The van der Waals surface area contributed by atoms with Gasteiger partial charge in [-0.2, -0.15) is 0 Å². The summed E-state index contributed by atoms with van der Waals surface area (Å²) in [6.45, 7) is 0.495. The number of nitrogens with one attached hydrogen (secondary N) is 2. The second-order valence-corrected chi connectivity index (χ2v) is 11.7. The molecule has 0 amide bonds. The number of rotatable bonds is 6. The molecule has 2 aliphatic heterocycles. The summed E-state index contributed by atoms with van der Waals surface area (Å²) in [6.07, 6.45) is -4.37. The third kappa shape index (κ3) is 5.58. The highest BCUT2D eigenvalue weighted by molar-refractivity contribution is 7.90. The van der Waals surface area contributed by atoms with Crippen molar-refractivity contribution in [3.05, 3.63) is 97.2 Å². The molecule has 9 nitrogen and oxygen atoms in total. The van der Waals surface area contributed by atoms with E-state index in [2.05, 4.69) is 14.4 Å². The first-order valence-corrected chi connectivity index (χ1v) is 14.6. The lowest BCUT2D eigenvalue weighted by Gasteiger charge is -2.48. The van der Waals surface area contributed by atoms with Gasteiger partial charge < -0.3 is 24.4 Å². The van der Waals surface area contributed by atoms with Crippen LogP contribution in [0.25, 0.3) is 0 Å². The molecule has 0 saturated carbocycles. The van der Waals surface area contributed by atoms with E-state index in [-0.39, 0.29) is 11.4 Å². The lowest BCUT2D eigenvalue weighted by molar-refractivity contribution is -0.274. The topological polar surface area (TPSA) is 111 Å². The highest BCUT2D eigenvalue weighted by Crippen LogP contribution is 2.48. The van der Waals surface area contributed by atoms with Crippen LogP contribution in [0.4, 0.5) is 30.4 Å². The number of hydrogen-bond acceptors (Lipinski definition) is 8. The number of aliphatic hydroxyl groups is 1. The number of pyridine rings is 1. The van der Waals surface area contributed by atoms with Crippen molar-refractivity contribution in [2.75, 3.05) is 22.9 Å². The van der Waals surface area contributed by atoms with Crippen LogP contribution in [0, 0.1) is 4.78 Å². The number of aromatic nitrogens is 1. The third-order valence-corrected chi connectivity index (χ3v) is 8.68. The number of aliphatic hydroxyl groups excluding tert-OH is 1. The second kappa shape index (κ2) is 10.8. The van der Waals surface area contributed by atoms with E-state index in [1.165, 1.54) is 0 Å². The van der Waals surface area contributed by atoms with Gasteiger partial charge in [0.15, 0.2) is 11.5 Å². The highest BCUT2D eigenvalue weighted by Gasteiger charge is 2.43. The Kier molecular flexibility index (Phi) is 7.17. The predicted molar refractivity (Wildman–Crippen MR) is 151 cm³/mol. The maximum atomic E-state index is 13.6. The Morgan fingerprint density at radius 1 is 0.929 bits per heavy atom. The fraction of sp³-hybridized carbons (Fsp3) is 0.207. The standard InChI is InChI=1S/C29H26F3N5O4S/c30-29(31,32)41-19-12-14-20(15-13-19)42(33,39)35-21-17-36(27-11-5-6-16-34-27)18-24(28(21)38)37-22-7-1-3-9-25(22)40-26-10-4-2-8-23(26)37/h1-16,21,24,28,38H,17-18H2,(H2,33,35,39). The van der Waals surface area contributed by atoms with Gasteiger partial charge in [-0.25, -0.2) is 18.7 Å². The van der Waals surface area contributed by atoms with E-state index in [0.29, 0.717) is 23.9 Å². The molecule has 4 aromatic rings. The van der Waals surface area contributed by atoms with Crippen LogP contribution in [0.15, 0.2) is 102 Å². The second-order valence-electron chi connectivity index (χ2n) is 9.86. The van der Waals surface area contributed by atoms with E-state index in [4.69, 9.17) is 9.52 Å². The number of alkyl halides is 3. The highest BCUT2D eigenvalue weighted by atomic mass is 32.2. The Bertz CT molecular complexity index is 1630. The molecular formula is C29H26F3N5O4S. The molecule has 3 heterocycles. The molecule has 42 heavy (non-hydrogen) atoms. The van der Waals surface area contributed by atoms with Crippen molar-refractivity contribution in [3.63, 3.8) is 0 Å². The SMILES string of the molecule is N=S(=O)(NC1CN(c2ccccn2)CC(N2c3ccccc3Oc3ccccc32)C1O)c1ccc(OC(F)(F)F)cc1. The summed E-state index contributed by atoms with van der Waals surface area (Å²) in [4.78, 5) is 8.34. The fourth-order valence-electron chi connectivity index (χ4n) is 5.30. The van der Waals surface area contributed by atoms with Crippen molar-refractivity contribution < 1.29 is 32.0 Å². The van der Waals surface area contributed by atoms with E-state index < -0.39 is 40.2 Å². The number of nitrogens with zero attached hydrogens (tertiary/aromatic N) is 3. The van der Waals surface area contributed by atoms with Gasteiger partial charge in [0.05, 0.1) is 34.5 Å². The average Bonchev–Trinajstić information content (AvgIpc) is 2.97. The molecule has 1 saturated heterocycles. The molecular weight excluding hydrogens is 571 g/mol. The first kappa shape index (κ1) is 27.8. The first-order chi connectivity index (χ1) is 20.1. The molecule has 13 heteroatoms. The van der Waals surface area contributed by atoms with Gasteiger partial charge in [0, 0.05) is 19.3 Å². The van der Waals surface area contributed by atoms with Crippen molar-refractivity contribution in [1.29, 1.82) is 4.78 Å². The quantitative estimate of drug-likeness (QED) is 0.271. The summed E-state index contributed by atoms with van der Waals surface area (Å²) < 4.78 is 72.9. The molecule has 1 aromatic heterocycles. The number of ether oxygens (including phenoxy) is 2. The maximum Gasteiger partial charge on any atom is 0.573 e. The smallest absolute Gasteiger partial charge is 0.453 e. The molecule has 3 aromatic carbocycles. The summed E-state index contributed by atoms with van der Waals surface area (Å²) in [7, 11) is -3.77. The summed E-state index contributed by atoms with van der Waals surface area (Å²) in [6, 6.07) is 23.1. The lowest BCUT2D eigenvalue weighted by Crippen LogP contribution is -2.65. The Hall–Kier alpha value is -4.33. The van der Waals surface area contributed by atoms with Crippen LogP contribution in [-0.4, -0.2) is 51.9 Å². The zero-order valence-corrected chi connectivity index (χ0v) is 22.8. The number of piperidine rings is 1. The molecule has 0 radical (unpaired) electrons. The van der Waals surface area contributed by atoms with Crippen LogP contribution >= 0.6 is 0 Å². The van der Waals surface area contributed by atoms with Gasteiger partial charge in [-0.1, -0.05) is 30.3 Å². The minimum Gasteiger partial charge on any atom is -0.453 e. The van der Waals surface area contributed by atoms with Crippen LogP contribution in [0.5, 0.6) is 17.2 Å². The molecule has 0 aliphatic carbocycles. The van der Waals surface area contributed by atoms with Crippen molar-refractivity contribution >= 4 is 27.1 Å². The van der Waals surface area contributed by atoms with E-state index >= 15 is 0 Å². The van der Waals surface area contributed by atoms with Gasteiger partial charge in [-0.05, 0) is 60.7 Å². The number of anilines is 3. The fourth-order valence-corrected chi connectivity index (χ4v) is 6.59. The number of benzene rings is 3. The Morgan fingerprint density at radius 2 is 1.55 bits per heavy atom. The summed E-state index contributed by atoms with van der Waals surface area (Å²) in [5.74, 6) is 1.34. The van der Waals surface area contributed by atoms with Gasteiger partial charge in [-0.15, -0.1) is 13.2 Å². The number of hydrogen-bond donors (Lipinski definition) is 3. The van der Waals surface area contributed by atoms with Crippen LogP contribution in [0.3, 0.4) is 0 Å². The largest absolute Gasteiger partial charge is 0.573 e. The van der Waals surface area contributed by atoms with E-state index in [1.54, 1.807) is 12.3 Å². The van der Waals surface area contributed by atoms with Crippen LogP contribution < -0.4 is 24.0 Å². The molecule has 3 N–H and O–H groups in total. The van der Waals surface area contributed by atoms with Gasteiger partial charge in [-0.3, -0.25) is 0 Å². The molecule has 0 bridgehead atoms. The van der Waals surface area contributed by atoms with E-state index in [0.717, 1.165) is 35.6 Å². The van der Waals surface area contributed by atoms with Crippen LogP contribution in [0.2, 0.25) is 0 Å². The zero-order chi connectivity index (χ0) is 29.5. The molecule has 6 rings (SSSR count). The molecule has 4 unspecified atom stereocenters. The summed E-state index contributed by atoms with van der Waals surface area (Å²) in [5.41, 5.74) is 1.46. The summed E-state index contributed by atoms with van der Waals surface area (Å²) in [5, 5.41) is 11.8. The molecule has 0 spiro atoms. The normalized spacial score (nSPS) is 21.5. The minimum atomic E-state index is -4.88. The number of halogens is 3. The van der Waals surface area contributed by atoms with Crippen LogP contribution in [-0.2, 0) is 9.92 Å². The van der Waals surface area contributed by atoms with Crippen LogP contribution in [0.1, 0.15) is 0 Å². The molecule has 1 fully saturated rings. The number of fused-ring (bicyclic) bond motifs is 2. The number of para-hydroxylation sites is 4. The van der Waals surface area contributed by atoms with Gasteiger partial charge in [0.2, 0.25) is 0 Å². The van der Waals surface area contributed by atoms with Crippen molar-refractivity contribution in [2.24, 2.45) is 0 Å². The van der Waals surface area contributed by atoms with Gasteiger partial charge in [0.1, 0.15) is 21.5 Å². The minimum absolute atomic E-state index is 0.0576. The van der Waals surface area contributed by atoms with Crippen molar-refractivity contribution in [2.45, 2.75) is 29.4 Å². The predicted octanol–water partition coefficient (Wildman–Crippen LogP) is 5.45. The van der Waals surface area contributed by atoms with Crippen molar-refractivity contribution in [3.8, 4) is 17.2 Å². The monoisotopic (exact) mass is 597 g/mol. The van der Waals surface area contributed by atoms with E-state index in [9.17, 15) is 22.5 Å². The first-order valence-electron chi connectivity index (χ1n) is 13.0. The Labute approximate surface area is 240 Å². The zero-order valence-electron chi connectivity index (χ0n) is 21.9. The lowest BCUT2D eigenvalue weighted by atomic mass is 9.94. The van der Waals surface area contributed by atoms with Crippen molar-refractivity contribution in [1.82, 2.24) is 9.71 Å².